The molecule has 0 bridgehead atoms. The van der Waals surface area contributed by atoms with Crippen LogP contribution in [0.5, 0.6) is 0 Å². The smallest absolute Gasteiger partial charge is 0.0909 e. The molecule has 0 saturated heterocycles. The van der Waals surface area contributed by atoms with Crippen LogP contribution in [0.15, 0.2) is 57.2 Å². The minimum atomic E-state index is -1.14. The molecule has 1 aliphatic rings. The molecule has 0 amide bonds. The second-order valence-corrected chi connectivity index (χ2v) is 7.80. The lowest BCUT2D eigenvalue weighted by atomic mass is 10.1. The van der Waals surface area contributed by atoms with Crippen LogP contribution in [0.3, 0.4) is 0 Å². The summed E-state index contributed by atoms with van der Waals surface area (Å²) in [5.41, 5.74) is 3.29. The third-order valence-corrected chi connectivity index (χ3v) is 5.93. The summed E-state index contributed by atoms with van der Waals surface area (Å²) in [7, 11) is 0.878. The van der Waals surface area contributed by atoms with E-state index < -0.39 is 10.8 Å². The lowest BCUT2D eigenvalue weighted by Crippen LogP contribution is -2.14. The van der Waals surface area contributed by atoms with Crippen LogP contribution in [0.4, 0.5) is 5.69 Å². The first-order valence-corrected chi connectivity index (χ1v) is 9.61. The molecule has 0 spiro atoms. The average molecular weight is 340 g/mol. The maximum absolute atomic E-state index is 13.0. The van der Waals surface area contributed by atoms with Gasteiger partial charge in [-0.1, -0.05) is 18.2 Å². The molecule has 1 atom stereocenters. The average Bonchev–Trinajstić information content (AvgIpc) is 3.44. The summed E-state index contributed by atoms with van der Waals surface area (Å²) in [6.45, 7) is 5.05. The van der Waals surface area contributed by atoms with E-state index in [9.17, 15) is 4.21 Å². The van der Waals surface area contributed by atoms with Crippen LogP contribution >= 0.6 is 0 Å². The number of aryl methyl sites for hydroxylation is 1. The van der Waals surface area contributed by atoms with Gasteiger partial charge >= 0.3 is 0 Å². The Morgan fingerprint density at radius 2 is 1.96 bits per heavy atom. The Balaban J connectivity index is 1.99. The molecular weight excluding hydrogens is 316 g/mol. The maximum atomic E-state index is 13.0. The molecule has 0 radical (unpaired) electrons. The van der Waals surface area contributed by atoms with E-state index in [-0.39, 0.29) is 0 Å². The van der Waals surface area contributed by atoms with Gasteiger partial charge in [0, 0.05) is 23.4 Å². The van der Waals surface area contributed by atoms with Gasteiger partial charge in [0.2, 0.25) is 0 Å². The van der Waals surface area contributed by atoms with Crippen LogP contribution in [0.25, 0.3) is 0 Å². The van der Waals surface area contributed by atoms with E-state index in [0.29, 0.717) is 5.92 Å². The summed E-state index contributed by atoms with van der Waals surface area (Å²) in [5.74, 6) is 0.566. The van der Waals surface area contributed by atoms with Crippen molar-refractivity contribution < 1.29 is 4.21 Å². The van der Waals surface area contributed by atoms with Crippen LogP contribution in [0, 0.1) is 6.92 Å². The molecular formula is C20H24N2OS. The zero-order valence-electron chi connectivity index (χ0n) is 14.5. The van der Waals surface area contributed by atoms with E-state index in [1.165, 1.54) is 18.4 Å². The van der Waals surface area contributed by atoms with Gasteiger partial charge in [0.05, 0.1) is 22.8 Å². The number of hydrogen-bond acceptors (Lipinski definition) is 2. The normalized spacial score (nSPS) is 15.6. The van der Waals surface area contributed by atoms with Crippen molar-refractivity contribution in [1.29, 1.82) is 0 Å². The maximum Gasteiger partial charge on any atom is 0.0909 e. The van der Waals surface area contributed by atoms with Crippen LogP contribution < -0.4 is 0 Å². The fourth-order valence-electron chi connectivity index (χ4n) is 2.63. The summed E-state index contributed by atoms with van der Waals surface area (Å²) in [6.07, 6.45) is 4.29. The lowest BCUT2D eigenvalue weighted by molar-refractivity contribution is 0.552. The molecule has 0 aromatic heterocycles. The summed E-state index contributed by atoms with van der Waals surface area (Å²) in [5, 5.41) is 0. The highest BCUT2D eigenvalue weighted by Crippen LogP contribution is 2.45. The molecule has 0 aliphatic heterocycles. The van der Waals surface area contributed by atoms with Gasteiger partial charge in [0.25, 0.3) is 0 Å². The molecule has 3 nitrogen and oxygen atoms in total. The fraction of sp³-hybridized carbons (Fsp3) is 0.350. The quantitative estimate of drug-likeness (QED) is 0.566. The Kier molecular flexibility index (Phi) is 5.14. The van der Waals surface area contributed by atoms with E-state index in [0.717, 1.165) is 27.6 Å². The zero-order chi connectivity index (χ0) is 17.1. The van der Waals surface area contributed by atoms with Crippen LogP contribution in [0.2, 0.25) is 0 Å². The predicted octanol–water partition coefficient (Wildman–Crippen LogP) is 4.65. The van der Waals surface area contributed by atoms with Crippen molar-refractivity contribution >= 4 is 22.8 Å². The number of aliphatic imine (C=N–C) groups is 1. The first-order valence-electron chi connectivity index (χ1n) is 8.46. The molecule has 126 valence electrons. The third-order valence-electron chi connectivity index (χ3n) is 4.39. The molecule has 0 N–H and O–H groups in total. The number of rotatable bonds is 6. The molecule has 1 saturated carbocycles. The van der Waals surface area contributed by atoms with E-state index in [2.05, 4.69) is 28.9 Å². The molecule has 1 unspecified atom stereocenters. The third kappa shape index (κ3) is 3.75. The highest BCUT2D eigenvalue weighted by molar-refractivity contribution is 7.85. The van der Waals surface area contributed by atoms with E-state index in [1.54, 1.807) is 0 Å². The van der Waals surface area contributed by atoms with Crippen molar-refractivity contribution in [3.05, 3.63) is 53.6 Å². The first kappa shape index (κ1) is 16.9. The van der Waals surface area contributed by atoms with Gasteiger partial charge in [-0.15, -0.1) is 0 Å². The molecule has 24 heavy (non-hydrogen) atoms. The first-order chi connectivity index (χ1) is 11.6. The Morgan fingerprint density at radius 3 is 2.58 bits per heavy atom. The van der Waals surface area contributed by atoms with Crippen LogP contribution in [-0.4, -0.2) is 29.0 Å². The van der Waals surface area contributed by atoms with Crippen molar-refractivity contribution in [3.63, 3.8) is 0 Å². The molecule has 1 aliphatic carbocycles. The number of benzene rings is 2. The summed E-state index contributed by atoms with van der Waals surface area (Å²) < 4.78 is 13.0. The molecule has 3 rings (SSSR count). The van der Waals surface area contributed by atoms with E-state index in [1.807, 2.05) is 50.6 Å². The largest absolute Gasteiger partial charge is 0.366 e. The Morgan fingerprint density at radius 1 is 1.25 bits per heavy atom. The fourth-order valence-corrected chi connectivity index (χ4v) is 3.88. The Labute approximate surface area is 146 Å². The highest BCUT2D eigenvalue weighted by Gasteiger charge is 2.27. The molecule has 2 aromatic carbocycles. The second-order valence-electron chi connectivity index (χ2n) is 6.35. The predicted molar refractivity (Wildman–Crippen MR) is 101 cm³/mol. The minimum Gasteiger partial charge on any atom is -0.366 e. The SMILES string of the molecule is CCN(C)C=Nc1cc(C)c(S(=O)c2ccccc2)cc1C1CC1. The van der Waals surface area contributed by atoms with Crippen LogP contribution in [0.1, 0.15) is 36.8 Å². The standard InChI is InChI=1S/C20H24N2OS/c1-4-22(3)14-21-19-12-15(2)20(13-18(19)16-10-11-16)24(23)17-8-6-5-7-9-17/h5-9,12-14,16H,4,10-11H2,1-3H3. The van der Waals surface area contributed by atoms with Crippen molar-refractivity contribution in [3.8, 4) is 0 Å². The van der Waals surface area contributed by atoms with Crippen molar-refractivity contribution in [2.75, 3.05) is 13.6 Å². The zero-order valence-corrected chi connectivity index (χ0v) is 15.3. The molecule has 0 heterocycles. The van der Waals surface area contributed by atoms with Gasteiger partial charge in [-0.05, 0) is 68.0 Å². The number of hydrogen-bond donors (Lipinski definition) is 0. The summed E-state index contributed by atoms with van der Waals surface area (Å²) in [6, 6.07) is 13.9. The molecule has 4 heteroatoms. The van der Waals surface area contributed by atoms with Crippen molar-refractivity contribution in [2.45, 2.75) is 42.4 Å². The summed E-state index contributed by atoms with van der Waals surface area (Å²) in [4.78, 5) is 8.49. The van der Waals surface area contributed by atoms with Gasteiger partial charge in [-0.25, -0.2) is 9.20 Å². The van der Waals surface area contributed by atoms with Crippen molar-refractivity contribution in [2.24, 2.45) is 4.99 Å². The number of nitrogens with zero attached hydrogens (tertiary/aromatic N) is 2. The van der Waals surface area contributed by atoms with Gasteiger partial charge in [-0.3, -0.25) is 0 Å². The van der Waals surface area contributed by atoms with Gasteiger partial charge in [-0.2, -0.15) is 0 Å². The second kappa shape index (κ2) is 7.31. The van der Waals surface area contributed by atoms with Gasteiger partial charge in [0.15, 0.2) is 0 Å². The highest BCUT2D eigenvalue weighted by atomic mass is 32.2. The van der Waals surface area contributed by atoms with Gasteiger partial charge < -0.3 is 4.90 Å². The molecule has 2 aromatic rings. The van der Waals surface area contributed by atoms with E-state index >= 15 is 0 Å². The monoisotopic (exact) mass is 340 g/mol. The molecule has 1 fully saturated rings. The Bertz CT molecular complexity index is 767. The van der Waals surface area contributed by atoms with E-state index in [4.69, 9.17) is 0 Å². The van der Waals surface area contributed by atoms with Crippen molar-refractivity contribution in [1.82, 2.24) is 4.90 Å². The van der Waals surface area contributed by atoms with Crippen LogP contribution in [-0.2, 0) is 10.8 Å². The van der Waals surface area contributed by atoms with Gasteiger partial charge in [0.1, 0.15) is 0 Å². The summed E-state index contributed by atoms with van der Waals surface area (Å²) >= 11 is 0. The minimum absolute atomic E-state index is 0.566. The lowest BCUT2D eigenvalue weighted by Gasteiger charge is -2.13. The topological polar surface area (TPSA) is 32.7 Å². The Hall–Kier alpha value is -1.94.